The summed E-state index contributed by atoms with van der Waals surface area (Å²) in [6, 6.07) is 4.92. The number of aliphatic carboxylic acids is 1. The van der Waals surface area contributed by atoms with E-state index >= 15 is 0 Å². The fourth-order valence-electron chi connectivity index (χ4n) is 2.08. The quantitative estimate of drug-likeness (QED) is 0.239. The Morgan fingerprint density at radius 2 is 1.95 bits per heavy atom. The van der Waals surface area contributed by atoms with Gasteiger partial charge in [-0.1, -0.05) is 0 Å². The zero-order chi connectivity index (χ0) is 16.3. The van der Waals surface area contributed by atoms with Crippen LogP contribution in [0.5, 0.6) is 5.75 Å². The average Bonchev–Trinajstić information content (AvgIpc) is 2.46. The molecule has 0 atom stereocenters. The molecule has 1 aromatic carbocycles. The van der Waals surface area contributed by atoms with Crippen molar-refractivity contribution in [2.24, 2.45) is 0 Å². The van der Waals surface area contributed by atoms with Gasteiger partial charge in [0.05, 0.1) is 0 Å². The maximum absolute atomic E-state index is 12.0. The molecule has 0 radical (unpaired) electrons. The Hall–Kier alpha value is -1.94. The molecule has 118 valence electrons. The number of rotatable bonds is 6. The first kappa shape index (κ1) is 16.4. The Morgan fingerprint density at radius 3 is 2.59 bits per heavy atom. The summed E-state index contributed by atoms with van der Waals surface area (Å²) in [6.45, 7) is 0. The summed E-state index contributed by atoms with van der Waals surface area (Å²) < 4.78 is 9.53. The summed E-state index contributed by atoms with van der Waals surface area (Å²) in [7, 11) is 0. The van der Waals surface area contributed by atoms with Gasteiger partial charge in [0.25, 0.3) is 0 Å². The molecule has 8 heteroatoms. The molecule has 0 fully saturated rings. The van der Waals surface area contributed by atoms with Crippen LogP contribution in [0.3, 0.4) is 0 Å². The summed E-state index contributed by atoms with van der Waals surface area (Å²) >= 11 is -0.964. The van der Waals surface area contributed by atoms with Crippen molar-refractivity contribution in [1.82, 2.24) is 4.98 Å². The van der Waals surface area contributed by atoms with Crippen molar-refractivity contribution >= 4 is 22.7 Å². The predicted molar refractivity (Wildman–Crippen MR) is 73.4 cm³/mol. The molecule has 4 N–H and O–H groups in total. The second-order valence-corrected chi connectivity index (χ2v) is 6.07. The number of aromatic hydroxyl groups is 1. The van der Waals surface area contributed by atoms with Crippen molar-refractivity contribution in [2.45, 2.75) is 17.3 Å². The predicted octanol–water partition coefficient (Wildman–Crippen LogP) is -2.22. The van der Waals surface area contributed by atoms with Crippen LogP contribution >= 0.6 is 0 Å². The molecular weight excluding hydrogens is 405 g/mol. The van der Waals surface area contributed by atoms with E-state index in [-0.39, 0.29) is 6.42 Å². The fourth-order valence-corrected chi connectivity index (χ4v) is 2.95. The van der Waals surface area contributed by atoms with Crippen LogP contribution in [0.25, 0.3) is 10.9 Å². The first-order chi connectivity index (χ1) is 10.4. The molecule has 0 aliphatic heterocycles. The van der Waals surface area contributed by atoms with E-state index in [2.05, 4.69) is 4.98 Å². The molecule has 1 aromatic heterocycles. The van der Waals surface area contributed by atoms with Gasteiger partial charge in [0.2, 0.25) is 0 Å². The van der Waals surface area contributed by atoms with Gasteiger partial charge in [-0.3, -0.25) is 0 Å². The van der Waals surface area contributed by atoms with Crippen molar-refractivity contribution in [3.8, 4) is 5.75 Å². The minimum atomic E-state index is -1.15. The number of pyridine rings is 1. The number of fused-ring (bicyclic) bond motifs is 1. The normalized spacial score (nSPS) is 11.0. The summed E-state index contributed by atoms with van der Waals surface area (Å²) in [4.78, 5) is 36.9. The number of ketones is 1. The second kappa shape index (κ2) is 6.88. The third kappa shape index (κ3) is 3.45. The number of carboxylic acids is 1. The van der Waals surface area contributed by atoms with Gasteiger partial charge in [0.1, 0.15) is 0 Å². The van der Waals surface area contributed by atoms with Crippen LogP contribution in [-0.2, 0) is 9.22 Å². The number of H-pyrrole nitrogens is 1. The first-order valence-electron chi connectivity index (χ1n) is 6.29. The van der Waals surface area contributed by atoms with Crippen LogP contribution in [0.4, 0.5) is 0 Å². The van der Waals surface area contributed by atoms with Crippen molar-refractivity contribution < 1.29 is 44.9 Å². The third-order valence-corrected chi connectivity index (χ3v) is 4.33. The summed E-state index contributed by atoms with van der Waals surface area (Å²) in [5.74, 6) is -2.32. The molecule has 2 rings (SSSR count). The first-order valence-corrected chi connectivity index (χ1v) is 8.79. The number of carbonyl (C=O) groups is 2. The molecular formula is C14H13INO6-. The number of aromatic nitrogens is 1. The number of hydrogen-bond donors (Lipinski definition) is 4. The van der Waals surface area contributed by atoms with Crippen molar-refractivity contribution in [1.29, 1.82) is 0 Å². The standard InChI is InChI=1S/C14H13INO6/c17-10(3-4-11(18)19)12-13(20)8-5-7(6-15-22)1-2-9(8)16-14(12)21/h1-2,5,22H,3-4,6H2,(H,18,19)(H2,16,20,21)/q-1. The van der Waals surface area contributed by atoms with E-state index in [9.17, 15) is 19.5 Å². The van der Waals surface area contributed by atoms with Gasteiger partial charge in [0.15, 0.2) is 0 Å². The number of halogens is 1. The Labute approximate surface area is 135 Å². The van der Waals surface area contributed by atoms with Gasteiger partial charge in [0, 0.05) is 0 Å². The van der Waals surface area contributed by atoms with E-state index in [1.54, 1.807) is 18.2 Å². The van der Waals surface area contributed by atoms with E-state index in [4.69, 9.17) is 8.54 Å². The zero-order valence-electron chi connectivity index (χ0n) is 11.3. The molecule has 1 heterocycles. The molecule has 0 aliphatic rings. The number of carboxylic acid groups (broad SMARTS) is 1. The Morgan fingerprint density at radius 1 is 1.23 bits per heavy atom. The molecule has 0 amide bonds. The van der Waals surface area contributed by atoms with Crippen LogP contribution in [0.1, 0.15) is 28.8 Å². The van der Waals surface area contributed by atoms with Crippen LogP contribution < -0.4 is 27.2 Å². The van der Waals surface area contributed by atoms with Gasteiger partial charge < -0.3 is 0 Å². The van der Waals surface area contributed by atoms with Crippen molar-refractivity contribution in [3.05, 3.63) is 39.7 Å². The van der Waals surface area contributed by atoms with E-state index < -0.39 is 56.7 Å². The summed E-state index contributed by atoms with van der Waals surface area (Å²) in [6.07, 6.45) is -0.774. The fraction of sp³-hybridized carbons (Fsp3) is 0.214. The van der Waals surface area contributed by atoms with Gasteiger partial charge in [-0.2, -0.15) is 0 Å². The summed E-state index contributed by atoms with van der Waals surface area (Å²) in [5, 5.41) is 19.1. The van der Waals surface area contributed by atoms with Gasteiger partial charge >= 0.3 is 135 Å². The van der Waals surface area contributed by atoms with Gasteiger partial charge in [-0.15, -0.1) is 0 Å². The molecule has 0 saturated carbocycles. The maximum atomic E-state index is 12.0. The van der Waals surface area contributed by atoms with Crippen LogP contribution in [-0.4, -0.2) is 30.4 Å². The van der Waals surface area contributed by atoms with E-state index in [0.717, 1.165) is 5.56 Å². The average molecular weight is 418 g/mol. The number of hydrogen-bond acceptors (Lipinski definition) is 5. The van der Waals surface area contributed by atoms with Gasteiger partial charge in [-0.25, -0.2) is 0 Å². The molecule has 0 aliphatic carbocycles. The third-order valence-electron chi connectivity index (χ3n) is 3.11. The monoisotopic (exact) mass is 418 g/mol. The molecule has 22 heavy (non-hydrogen) atoms. The van der Waals surface area contributed by atoms with Crippen molar-refractivity contribution in [3.63, 3.8) is 0 Å². The number of nitrogens with one attached hydrogen (secondary N) is 1. The summed E-state index contributed by atoms with van der Waals surface area (Å²) in [5.41, 5.74) is -0.0152. The van der Waals surface area contributed by atoms with Crippen LogP contribution in [0.2, 0.25) is 0 Å². The number of alkyl halides is 1. The molecule has 0 bridgehead atoms. The zero-order valence-corrected chi connectivity index (χ0v) is 13.5. The molecule has 0 saturated heterocycles. The van der Waals surface area contributed by atoms with E-state index in [0.29, 0.717) is 15.3 Å². The van der Waals surface area contributed by atoms with E-state index in [1.165, 1.54) is 0 Å². The van der Waals surface area contributed by atoms with Gasteiger partial charge in [-0.05, 0) is 0 Å². The van der Waals surface area contributed by atoms with E-state index in [1.807, 2.05) is 0 Å². The Balaban J connectivity index is 2.52. The molecule has 7 nitrogen and oxygen atoms in total. The molecule has 0 unspecified atom stereocenters. The number of carbonyl (C=O) groups excluding carboxylic acids is 1. The van der Waals surface area contributed by atoms with Crippen LogP contribution in [0, 0.1) is 0 Å². The topological polar surface area (TPSA) is 128 Å². The van der Waals surface area contributed by atoms with Crippen LogP contribution in [0.15, 0.2) is 23.0 Å². The number of benzene rings is 1. The van der Waals surface area contributed by atoms with Crippen molar-refractivity contribution in [2.75, 3.05) is 0 Å². The molecule has 0 spiro atoms. The molecule has 2 aromatic rings. The Kier molecular flexibility index (Phi) is 5.14. The number of Topliss-reactive ketones (excluding diaryl/α,β-unsaturated/α-hetero) is 1. The minimum absolute atomic E-state index is 0.299. The SMILES string of the molecule is O=C(O)CCC(=O)c1c(O)c2cc(C[I-]O)ccc2[nH]c1=O. The second-order valence-electron chi connectivity index (χ2n) is 4.63. The Bertz CT molecular complexity index is 798. The number of aromatic amines is 1.